The second-order valence-electron chi connectivity index (χ2n) is 8.45. The fraction of sp³-hybridized carbons (Fsp3) is 0.111. The van der Waals surface area contributed by atoms with Crippen molar-refractivity contribution in [1.82, 2.24) is 24.5 Å². The number of fused-ring (bicyclic) bond motifs is 1. The van der Waals surface area contributed by atoms with E-state index in [0.717, 1.165) is 5.56 Å². The lowest BCUT2D eigenvalue weighted by Crippen LogP contribution is -2.28. The Morgan fingerprint density at radius 3 is 2.58 bits per heavy atom. The number of nitrogens with one attached hydrogen (secondary N) is 1. The van der Waals surface area contributed by atoms with Crippen molar-refractivity contribution in [3.63, 3.8) is 0 Å². The van der Waals surface area contributed by atoms with E-state index < -0.39 is 11.9 Å². The lowest BCUT2D eigenvalue weighted by molar-refractivity contribution is 0.100. The van der Waals surface area contributed by atoms with Crippen LogP contribution in [0.4, 0.5) is 11.8 Å². The largest absolute Gasteiger partial charge is 0.481 e. The normalized spacial score (nSPS) is 11.7. The molecule has 0 aliphatic rings. The Hall–Kier alpha value is -5.32. The number of carbonyl (C=O) groups is 1. The molecule has 0 aliphatic carbocycles. The first kappa shape index (κ1) is 24.4. The Morgan fingerprint density at radius 1 is 1.05 bits per heavy atom. The number of nitrogens with two attached hydrogens (primary N) is 2. The maximum Gasteiger partial charge on any atom is 0.266 e. The maximum absolute atomic E-state index is 14.2. The minimum absolute atomic E-state index is 0.0333. The van der Waals surface area contributed by atoms with Crippen LogP contribution in [0.15, 0.2) is 77.9 Å². The van der Waals surface area contributed by atoms with Gasteiger partial charge in [-0.25, -0.2) is 15.0 Å². The monoisotopic (exact) mass is 508 g/mol. The molecule has 0 saturated carbocycles. The number of pyridine rings is 1. The summed E-state index contributed by atoms with van der Waals surface area (Å²) in [6.07, 6.45) is 2.88. The second-order valence-corrected chi connectivity index (χ2v) is 8.45. The van der Waals surface area contributed by atoms with Gasteiger partial charge in [-0.2, -0.15) is 4.98 Å². The number of carbonyl (C=O) groups excluding carboxylic acids is 1. The maximum atomic E-state index is 14.2. The Kier molecular flexibility index (Phi) is 6.40. The molecule has 0 unspecified atom stereocenters. The first-order valence-corrected chi connectivity index (χ1v) is 11.7. The van der Waals surface area contributed by atoms with E-state index in [1.54, 1.807) is 25.3 Å². The number of methoxy groups -OCH3 is 1. The summed E-state index contributed by atoms with van der Waals surface area (Å²) in [4.78, 5) is 43.2. The summed E-state index contributed by atoms with van der Waals surface area (Å²) in [6, 6.07) is 17.6. The Labute approximate surface area is 217 Å². The van der Waals surface area contributed by atoms with E-state index in [9.17, 15) is 9.59 Å². The Bertz CT molecular complexity index is 1720. The molecule has 3 aromatic heterocycles. The predicted octanol–water partition coefficient (Wildman–Crippen LogP) is 3.10. The topological polar surface area (TPSA) is 164 Å². The van der Waals surface area contributed by atoms with Crippen LogP contribution in [0.25, 0.3) is 27.7 Å². The molecule has 0 aliphatic heterocycles. The van der Waals surface area contributed by atoms with Gasteiger partial charge < -0.3 is 21.5 Å². The minimum Gasteiger partial charge on any atom is -0.481 e. The third-order valence-corrected chi connectivity index (χ3v) is 6.01. The van der Waals surface area contributed by atoms with Crippen molar-refractivity contribution in [3.05, 3.63) is 94.8 Å². The number of nitrogen functional groups attached to an aromatic ring is 1. The van der Waals surface area contributed by atoms with Gasteiger partial charge in [0.05, 0.1) is 35.3 Å². The summed E-state index contributed by atoms with van der Waals surface area (Å²) in [5.74, 6) is 0.215. The molecular formula is C27H24N8O3. The number of rotatable bonds is 7. The molecule has 0 radical (unpaired) electrons. The average Bonchev–Trinajstić information content (AvgIpc) is 2.93. The number of hydrogen-bond acceptors (Lipinski definition) is 9. The summed E-state index contributed by atoms with van der Waals surface area (Å²) in [6.45, 7) is 1.80. The molecule has 5 N–H and O–H groups in total. The highest BCUT2D eigenvalue weighted by Gasteiger charge is 2.22. The van der Waals surface area contributed by atoms with Crippen LogP contribution >= 0.6 is 0 Å². The van der Waals surface area contributed by atoms with Crippen LogP contribution in [0.1, 0.15) is 29.1 Å². The molecule has 0 bridgehead atoms. The molecule has 5 aromatic rings. The van der Waals surface area contributed by atoms with Crippen molar-refractivity contribution in [2.45, 2.75) is 13.0 Å². The fourth-order valence-corrected chi connectivity index (χ4v) is 4.25. The van der Waals surface area contributed by atoms with Crippen molar-refractivity contribution in [3.8, 4) is 22.7 Å². The number of para-hydroxylation sites is 1. The Morgan fingerprint density at radius 2 is 1.84 bits per heavy atom. The summed E-state index contributed by atoms with van der Waals surface area (Å²) < 4.78 is 6.82. The van der Waals surface area contributed by atoms with Gasteiger partial charge in [-0.15, -0.1) is 0 Å². The van der Waals surface area contributed by atoms with Crippen molar-refractivity contribution in [1.29, 1.82) is 0 Å². The van der Waals surface area contributed by atoms with Gasteiger partial charge in [0.25, 0.3) is 11.5 Å². The van der Waals surface area contributed by atoms with Gasteiger partial charge in [-0.05, 0) is 42.3 Å². The summed E-state index contributed by atoms with van der Waals surface area (Å²) >= 11 is 0. The molecule has 0 spiro atoms. The van der Waals surface area contributed by atoms with E-state index in [-0.39, 0.29) is 22.9 Å². The highest BCUT2D eigenvalue weighted by Crippen LogP contribution is 2.29. The van der Waals surface area contributed by atoms with Crippen LogP contribution in [-0.4, -0.2) is 37.5 Å². The lowest BCUT2D eigenvalue weighted by Gasteiger charge is -2.21. The molecule has 3 heterocycles. The first-order chi connectivity index (χ1) is 18.4. The third-order valence-electron chi connectivity index (χ3n) is 6.01. The molecule has 5 rings (SSSR count). The van der Waals surface area contributed by atoms with Gasteiger partial charge in [0.1, 0.15) is 11.6 Å². The van der Waals surface area contributed by atoms with Gasteiger partial charge in [-0.1, -0.05) is 30.3 Å². The molecule has 0 saturated heterocycles. The van der Waals surface area contributed by atoms with Gasteiger partial charge in [-0.3, -0.25) is 14.2 Å². The van der Waals surface area contributed by atoms with E-state index >= 15 is 0 Å². The van der Waals surface area contributed by atoms with E-state index in [1.807, 2.05) is 48.5 Å². The number of primary amides is 1. The number of anilines is 2. The standard InChI is InChI=1S/C27H24N8O3/c1-15(32-24-19(23(28)36)14-31-27(29)34-24)25-33-20-10-6-9-18(16-11-12-30-21(13-16)38-2)22(20)26(37)35(25)17-7-4-3-5-8-17/h3-15H,1-2H3,(H2,28,36)(H3,29,31,32,34)/t15-/m0/s1. The lowest BCUT2D eigenvalue weighted by atomic mass is 10.0. The first-order valence-electron chi connectivity index (χ1n) is 11.7. The summed E-state index contributed by atoms with van der Waals surface area (Å²) in [5, 5.41) is 3.57. The molecule has 1 atom stereocenters. The number of benzene rings is 2. The van der Waals surface area contributed by atoms with Crippen LogP contribution < -0.4 is 27.1 Å². The molecule has 11 nitrogen and oxygen atoms in total. The SMILES string of the molecule is COc1cc(-c2cccc3nc([C@H](C)Nc4nc(N)ncc4C(N)=O)n(-c4ccccc4)c(=O)c23)ccn1. The highest BCUT2D eigenvalue weighted by molar-refractivity contribution is 5.97. The third kappa shape index (κ3) is 4.48. The summed E-state index contributed by atoms with van der Waals surface area (Å²) in [5.41, 5.74) is 13.6. The zero-order valence-electron chi connectivity index (χ0n) is 20.6. The van der Waals surface area contributed by atoms with Crippen LogP contribution in [0.3, 0.4) is 0 Å². The average molecular weight is 509 g/mol. The van der Waals surface area contributed by atoms with Gasteiger partial charge in [0.15, 0.2) is 0 Å². The highest BCUT2D eigenvalue weighted by atomic mass is 16.5. The number of hydrogen-bond donors (Lipinski definition) is 3. The molecule has 11 heteroatoms. The zero-order valence-corrected chi connectivity index (χ0v) is 20.6. The van der Waals surface area contributed by atoms with Gasteiger partial charge >= 0.3 is 0 Å². The zero-order chi connectivity index (χ0) is 26.8. The van der Waals surface area contributed by atoms with Crippen LogP contribution in [0.2, 0.25) is 0 Å². The number of nitrogens with zero attached hydrogens (tertiary/aromatic N) is 5. The van der Waals surface area contributed by atoms with E-state index in [0.29, 0.717) is 33.9 Å². The van der Waals surface area contributed by atoms with Crippen LogP contribution in [-0.2, 0) is 0 Å². The number of aromatic nitrogens is 5. The van der Waals surface area contributed by atoms with E-state index in [4.69, 9.17) is 21.2 Å². The van der Waals surface area contributed by atoms with Crippen molar-refractivity contribution < 1.29 is 9.53 Å². The Balaban J connectivity index is 1.74. The van der Waals surface area contributed by atoms with E-state index in [2.05, 4.69) is 20.3 Å². The van der Waals surface area contributed by atoms with Crippen LogP contribution in [0.5, 0.6) is 5.88 Å². The van der Waals surface area contributed by atoms with Gasteiger partial charge in [0, 0.05) is 18.5 Å². The minimum atomic E-state index is -0.718. The summed E-state index contributed by atoms with van der Waals surface area (Å²) in [7, 11) is 1.54. The smallest absolute Gasteiger partial charge is 0.266 e. The molecular weight excluding hydrogens is 484 g/mol. The van der Waals surface area contributed by atoms with Gasteiger partial charge in [0.2, 0.25) is 11.8 Å². The van der Waals surface area contributed by atoms with Crippen molar-refractivity contribution >= 4 is 28.6 Å². The molecule has 1 amide bonds. The predicted molar refractivity (Wildman–Crippen MR) is 144 cm³/mol. The quantitative estimate of drug-likeness (QED) is 0.300. The van der Waals surface area contributed by atoms with Crippen molar-refractivity contribution in [2.24, 2.45) is 5.73 Å². The number of ether oxygens (including phenoxy) is 1. The molecule has 0 fully saturated rings. The van der Waals surface area contributed by atoms with E-state index in [1.165, 1.54) is 17.9 Å². The van der Waals surface area contributed by atoms with Crippen LogP contribution in [0, 0.1) is 0 Å². The molecule has 2 aromatic carbocycles. The second kappa shape index (κ2) is 9.97. The number of amides is 1. The van der Waals surface area contributed by atoms with Crippen molar-refractivity contribution in [2.75, 3.05) is 18.2 Å². The fourth-order valence-electron chi connectivity index (χ4n) is 4.25. The molecule has 190 valence electrons. The molecule has 38 heavy (non-hydrogen) atoms.